The smallest absolute Gasteiger partial charge is 0.408 e. The summed E-state index contributed by atoms with van der Waals surface area (Å²) < 4.78 is 15.1. The van der Waals surface area contributed by atoms with Crippen LogP contribution in [-0.2, 0) is 20.5 Å². The molecule has 2 heterocycles. The van der Waals surface area contributed by atoms with E-state index in [4.69, 9.17) is 9.47 Å². The van der Waals surface area contributed by atoms with Crippen LogP contribution in [0.5, 0.6) is 11.5 Å². The highest BCUT2D eigenvalue weighted by Gasteiger charge is 2.11. The summed E-state index contributed by atoms with van der Waals surface area (Å²) in [5.41, 5.74) is 3.67. The number of nitrogens with one attached hydrogen (secondary N) is 1. The fourth-order valence-electron chi connectivity index (χ4n) is 3.78. The Morgan fingerprint density at radius 1 is 0.737 bits per heavy atom. The molecule has 38 heavy (non-hydrogen) atoms. The highest BCUT2D eigenvalue weighted by atomic mass is 32.1. The van der Waals surface area contributed by atoms with Gasteiger partial charge < -0.3 is 14.8 Å². The monoisotopic (exact) mass is 551 g/mol. The molecule has 198 valence electrons. The molecule has 0 amide bonds. The van der Waals surface area contributed by atoms with Gasteiger partial charge in [0, 0.05) is 29.4 Å². The van der Waals surface area contributed by atoms with Gasteiger partial charge in [-0.1, -0.05) is 12.5 Å². The molecule has 1 N–H and O–H groups in total. The van der Waals surface area contributed by atoms with E-state index in [1.165, 1.54) is 5.56 Å². The first-order valence-corrected chi connectivity index (χ1v) is 14.1. The third-order valence-electron chi connectivity index (χ3n) is 5.92. The number of azo groups is 2. The van der Waals surface area contributed by atoms with Crippen molar-refractivity contribution >= 4 is 50.0 Å². The van der Waals surface area contributed by atoms with Crippen LogP contribution in [0.2, 0.25) is 0 Å². The van der Waals surface area contributed by atoms with Crippen LogP contribution < -0.4 is 23.9 Å². The van der Waals surface area contributed by atoms with Gasteiger partial charge >= 0.3 is 10.3 Å². The third kappa shape index (κ3) is 7.42. The SMILES string of the molecule is COc1cc(N=Nc2scc[n+]2C)ccc1CCCCCNc1ccc(N=Nc2scc[n+]2C)cc1OC. The number of rotatable bonds is 13. The number of methoxy groups -OCH3 is 2. The van der Waals surface area contributed by atoms with Crippen molar-refractivity contribution in [1.82, 2.24) is 0 Å². The van der Waals surface area contributed by atoms with Crippen LogP contribution in [0.25, 0.3) is 0 Å². The van der Waals surface area contributed by atoms with E-state index in [0.29, 0.717) is 0 Å². The molecule has 0 unspecified atom stereocenters. The molecule has 0 aliphatic heterocycles. The summed E-state index contributed by atoms with van der Waals surface area (Å²) in [5.74, 6) is 1.61. The Hall–Kier alpha value is -3.70. The Bertz CT molecular complexity index is 1290. The third-order valence-corrected chi connectivity index (χ3v) is 7.59. The first kappa shape index (κ1) is 27.3. The summed E-state index contributed by atoms with van der Waals surface area (Å²) >= 11 is 3.10. The van der Waals surface area contributed by atoms with Crippen molar-refractivity contribution in [3.05, 3.63) is 65.1 Å². The van der Waals surface area contributed by atoms with E-state index >= 15 is 0 Å². The molecular weight excluding hydrogens is 518 g/mol. The fraction of sp³-hybridized carbons (Fsp3) is 0.333. The van der Waals surface area contributed by atoms with Crippen LogP contribution in [0, 0.1) is 0 Å². The Morgan fingerprint density at radius 2 is 1.34 bits per heavy atom. The molecule has 0 fully saturated rings. The normalized spacial score (nSPS) is 11.5. The lowest BCUT2D eigenvalue weighted by Gasteiger charge is -2.11. The van der Waals surface area contributed by atoms with E-state index in [1.807, 2.05) is 76.7 Å². The maximum Gasteiger partial charge on any atom is 0.408 e. The van der Waals surface area contributed by atoms with Gasteiger partial charge in [0.15, 0.2) is 0 Å². The van der Waals surface area contributed by atoms with Gasteiger partial charge in [-0.15, -0.1) is 0 Å². The zero-order chi connectivity index (χ0) is 26.7. The van der Waals surface area contributed by atoms with Crippen molar-refractivity contribution in [2.45, 2.75) is 25.7 Å². The number of benzene rings is 2. The van der Waals surface area contributed by atoms with Gasteiger partial charge in [-0.2, -0.15) is 0 Å². The molecule has 9 nitrogen and oxygen atoms in total. The molecular formula is C27H33N7O2S2+2. The van der Waals surface area contributed by atoms with Crippen molar-refractivity contribution in [1.29, 1.82) is 0 Å². The van der Waals surface area contributed by atoms with Gasteiger partial charge in [-0.25, -0.2) is 9.13 Å². The Balaban J connectivity index is 1.23. The van der Waals surface area contributed by atoms with Crippen LogP contribution >= 0.6 is 22.7 Å². The Kier molecular flexibility index (Phi) is 9.88. The molecule has 0 radical (unpaired) electrons. The fourth-order valence-corrected chi connectivity index (χ4v) is 5.14. The van der Waals surface area contributed by atoms with Crippen LogP contribution in [0.1, 0.15) is 24.8 Å². The van der Waals surface area contributed by atoms with Gasteiger partial charge in [-0.05, 0) is 75.9 Å². The number of aryl methyl sites for hydroxylation is 3. The number of hydrogen-bond donors (Lipinski definition) is 1. The van der Waals surface area contributed by atoms with Gasteiger partial charge in [-0.3, -0.25) is 0 Å². The van der Waals surface area contributed by atoms with Gasteiger partial charge in [0.05, 0.1) is 44.2 Å². The van der Waals surface area contributed by atoms with Crippen molar-refractivity contribution in [2.75, 3.05) is 26.1 Å². The minimum absolute atomic E-state index is 0.753. The molecule has 0 aliphatic carbocycles. The number of aromatic nitrogens is 2. The minimum atomic E-state index is 0.753. The molecule has 2 aromatic carbocycles. The quantitative estimate of drug-likeness (QED) is 0.109. The van der Waals surface area contributed by atoms with Crippen LogP contribution in [0.4, 0.5) is 27.3 Å². The standard InChI is InChI=1S/C27H32N7O2S2/c1-33-14-16-37-26(33)31-29-21-10-9-20(24(18-21)35-3)8-6-5-7-13-28-23-12-11-22(19-25(23)36-4)30-32-27-34(2)15-17-38-27/h9-12,14-19H,5-8,13H2,1-4H3/q+1/p+1. The van der Waals surface area contributed by atoms with Gasteiger partial charge in [0.1, 0.15) is 35.3 Å². The number of hydrogen-bond acceptors (Lipinski definition) is 9. The lowest BCUT2D eigenvalue weighted by Crippen LogP contribution is -2.23. The minimum Gasteiger partial charge on any atom is -0.496 e. The van der Waals surface area contributed by atoms with Crippen LogP contribution in [0.15, 0.2) is 80.0 Å². The molecule has 11 heteroatoms. The van der Waals surface area contributed by atoms with E-state index in [2.05, 4.69) is 31.8 Å². The maximum atomic E-state index is 5.62. The summed E-state index contributed by atoms with van der Waals surface area (Å²) in [6, 6.07) is 11.9. The first-order valence-electron chi connectivity index (χ1n) is 12.4. The molecule has 0 aliphatic rings. The van der Waals surface area contributed by atoms with Crippen molar-refractivity contribution in [3.63, 3.8) is 0 Å². The number of nitrogens with zero attached hydrogens (tertiary/aromatic N) is 6. The molecule has 4 aromatic rings. The second-order valence-electron chi connectivity index (χ2n) is 8.61. The average Bonchev–Trinajstić information content (AvgIpc) is 3.55. The van der Waals surface area contributed by atoms with E-state index in [-0.39, 0.29) is 0 Å². The average molecular weight is 552 g/mol. The molecule has 0 saturated carbocycles. The van der Waals surface area contributed by atoms with Crippen molar-refractivity contribution in [2.24, 2.45) is 34.6 Å². The second kappa shape index (κ2) is 13.7. The molecule has 0 atom stereocenters. The summed E-state index contributed by atoms with van der Waals surface area (Å²) in [4.78, 5) is 0. The van der Waals surface area contributed by atoms with Crippen LogP contribution in [-0.4, -0.2) is 20.8 Å². The van der Waals surface area contributed by atoms with Crippen molar-refractivity contribution in [3.8, 4) is 11.5 Å². The summed E-state index contributed by atoms with van der Waals surface area (Å²) in [5, 5.41) is 26.5. The topological polar surface area (TPSA) is 87.7 Å². The summed E-state index contributed by atoms with van der Waals surface area (Å²) in [7, 11) is 7.28. The maximum absolute atomic E-state index is 5.62. The molecule has 0 bridgehead atoms. The number of anilines is 1. The zero-order valence-electron chi connectivity index (χ0n) is 22.1. The number of ether oxygens (including phenoxy) is 2. The predicted molar refractivity (Wildman–Crippen MR) is 151 cm³/mol. The van der Waals surface area contributed by atoms with E-state index < -0.39 is 0 Å². The lowest BCUT2D eigenvalue weighted by molar-refractivity contribution is -0.654. The molecule has 4 rings (SSSR count). The lowest BCUT2D eigenvalue weighted by atomic mass is 10.1. The second-order valence-corrected chi connectivity index (χ2v) is 10.4. The largest absolute Gasteiger partial charge is 0.496 e. The van der Waals surface area contributed by atoms with Gasteiger partial charge in [0.25, 0.3) is 0 Å². The summed E-state index contributed by atoms with van der Waals surface area (Å²) in [6.45, 7) is 0.860. The van der Waals surface area contributed by atoms with Crippen LogP contribution in [0.3, 0.4) is 0 Å². The number of unbranched alkanes of at least 4 members (excludes halogenated alkanes) is 2. The van der Waals surface area contributed by atoms with E-state index in [1.54, 1.807) is 36.9 Å². The Labute approximate surface area is 231 Å². The predicted octanol–water partition coefficient (Wildman–Crippen LogP) is 7.13. The van der Waals surface area contributed by atoms with E-state index in [0.717, 1.165) is 71.1 Å². The van der Waals surface area contributed by atoms with Crippen molar-refractivity contribution < 1.29 is 18.6 Å². The molecule has 2 aromatic heterocycles. The first-order chi connectivity index (χ1) is 18.6. The summed E-state index contributed by atoms with van der Waals surface area (Å²) in [6.07, 6.45) is 8.09. The highest BCUT2D eigenvalue weighted by molar-refractivity contribution is 7.13. The molecule has 0 saturated heterocycles. The molecule has 0 spiro atoms. The highest BCUT2D eigenvalue weighted by Crippen LogP contribution is 2.31. The van der Waals surface area contributed by atoms with E-state index in [9.17, 15) is 0 Å². The zero-order valence-corrected chi connectivity index (χ0v) is 23.8. The van der Waals surface area contributed by atoms with Gasteiger partial charge in [0.2, 0.25) is 0 Å². The Morgan fingerprint density at radius 3 is 1.92 bits per heavy atom. The number of thiazole rings is 2.